The van der Waals surface area contributed by atoms with Crippen LogP contribution in [-0.2, 0) is 16.0 Å². The van der Waals surface area contributed by atoms with Gasteiger partial charge in [-0.05, 0) is 24.0 Å². The molecule has 2 atom stereocenters. The molecule has 0 radical (unpaired) electrons. The molecule has 1 aromatic carbocycles. The lowest BCUT2D eigenvalue weighted by Gasteiger charge is -2.38. The van der Waals surface area contributed by atoms with E-state index in [1.165, 1.54) is 0 Å². The second-order valence-electron chi connectivity index (χ2n) is 5.11. The minimum atomic E-state index is -0.908. The second kappa shape index (κ2) is 6.05. The van der Waals surface area contributed by atoms with Crippen LogP contribution in [0, 0.1) is 0 Å². The number of aliphatic carboxylic acids is 1. The number of benzene rings is 1. The molecule has 0 aliphatic carbocycles. The summed E-state index contributed by atoms with van der Waals surface area (Å²) in [6, 6.07) is 6.73. The lowest BCUT2D eigenvalue weighted by Crippen LogP contribution is -2.48. The quantitative estimate of drug-likeness (QED) is 0.869. The van der Waals surface area contributed by atoms with Crippen molar-refractivity contribution in [2.45, 2.75) is 38.3 Å². The summed E-state index contributed by atoms with van der Waals surface area (Å²) in [5, 5.41) is 9.12. The fourth-order valence-electron chi connectivity index (χ4n) is 2.69. The van der Waals surface area contributed by atoms with E-state index < -0.39 is 18.1 Å². The maximum atomic E-state index is 12.3. The molecule has 1 aromatic rings. The molecule has 0 spiro atoms. The molecule has 0 bridgehead atoms. The SMILES string of the molecule is CCC(N)C(=O)N1CCc2ccccc2C1CC(=O)O. The Morgan fingerprint density at radius 1 is 1.45 bits per heavy atom. The maximum Gasteiger partial charge on any atom is 0.305 e. The van der Waals surface area contributed by atoms with Gasteiger partial charge in [-0.2, -0.15) is 0 Å². The highest BCUT2D eigenvalue weighted by atomic mass is 16.4. The summed E-state index contributed by atoms with van der Waals surface area (Å²) < 4.78 is 0. The highest BCUT2D eigenvalue weighted by molar-refractivity contribution is 5.83. The van der Waals surface area contributed by atoms with Gasteiger partial charge in [-0.15, -0.1) is 0 Å². The zero-order valence-electron chi connectivity index (χ0n) is 11.6. The van der Waals surface area contributed by atoms with E-state index in [0.29, 0.717) is 13.0 Å². The van der Waals surface area contributed by atoms with Crippen LogP contribution in [0.15, 0.2) is 24.3 Å². The van der Waals surface area contributed by atoms with E-state index in [2.05, 4.69) is 0 Å². The van der Waals surface area contributed by atoms with Gasteiger partial charge < -0.3 is 15.7 Å². The van der Waals surface area contributed by atoms with Crippen LogP contribution in [-0.4, -0.2) is 34.5 Å². The monoisotopic (exact) mass is 276 g/mol. The number of carbonyl (C=O) groups is 2. The van der Waals surface area contributed by atoms with Gasteiger partial charge in [0.25, 0.3) is 0 Å². The Balaban J connectivity index is 2.34. The van der Waals surface area contributed by atoms with Gasteiger partial charge >= 0.3 is 5.97 Å². The first kappa shape index (κ1) is 14.5. The van der Waals surface area contributed by atoms with Gasteiger partial charge in [0.15, 0.2) is 0 Å². The highest BCUT2D eigenvalue weighted by Crippen LogP contribution is 2.32. The molecule has 108 valence electrons. The molecule has 0 fully saturated rings. The molecule has 1 heterocycles. The number of hydrogen-bond acceptors (Lipinski definition) is 3. The first-order chi connectivity index (χ1) is 9.54. The normalized spacial score (nSPS) is 19.3. The highest BCUT2D eigenvalue weighted by Gasteiger charge is 2.33. The van der Waals surface area contributed by atoms with Gasteiger partial charge in [0.05, 0.1) is 18.5 Å². The smallest absolute Gasteiger partial charge is 0.305 e. The molecular formula is C15H20N2O3. The lowest BCUT2D eigenvalue weighted by molar-refractivity contribution is -0.142. The van der Waals surface area contributed by atoms with Crippen LogP contribution in [0.25, 0.3) is 0 Å². The summed E-state index contributed by atoms with van der Waals surface area (Å²) in [7, 11) is 0. The number of hydrogen-bond donors (Lipinski definition) is 2. The third kappa shape index (κ3) is 2.82. The second-order valence-corrected chi connectivity index (χ2v) is 5.11. The summed E-state index contributed by atoms with van der Waals surface area (Å²) in [5.74, 6) is -1.07. The van der Waals surface area contributed by atoms with Crippen molar-refractivity contribution >= 4 is 11.9 Å². The molecule has 2 unspecified atom stereocenters. The fraction of sp³-hybridized carbons (Fsp3) is 0.467. The van der Waals surface area contributed by atoms with Crippen LogP contribution >= 0.6 is 0 Å². The van der Waals surface area contributed by atoms with Crippen LogP contribution < -0.4 is 5.73 Å². The molecule has 20 heavy (non-hydrogen) atoms. The number of nitrogens with zero attached hydrogens (tertiary/aromatic N) is 1. The minimum absolute atomic E-state index is 0.0841. The van der Waals surface area contributed by atoms with Crippen molar-refractivity contribution in [2.75, 3.05) is 6.54 Å². The van der Waals surface area contributed by atoms with Crippen molar-refractivity contribution in [3.05, 3.63) is 35.4 Å². The topological polar surface area (TPSA) is 83.6 Å². The Kier molecular flexibility index (Phi) is 4.39. The van der Waals surface area contributed by atoms with Gasteiger partial charge in [0.2, 0.25) is 5.91 Å². The van der Waals surface area contributed by atoms with Crippen molar-refractivity contribution in [1.29, 1.82) is 0 Å². The first-order valence-corrected chi connectivity index (χ1v) is 6.90. The van der Waals surface area contributed by atoms with Gasteiger partial charge in [0.1, 0.15) is 0 Å². The average molecular weight is 276 g/mol. The number of nitrogens with two attached hydrogens (primary N) is 1. The van der Waals surface area contributed by atoms with Gasteiger partial charge in [-0.25, -0.2) is 0 Å². The molecule has 1 aliphatic rings. The Bertz CT molecular complexity index is 516. The molecule has 5 heteroatoms. The molecule has 5 nitrogen and oxygen atoms in total. The predicted octanol–water partition coefficient (Wildman–Crippen LogP) is 1.32. The van der Waals surface area contributed by atoms with Crippen LogP contribution in [0.3, 0.4) is 0 Å². The van der Waals surface area contributed by atoms with Crippen molar-refractivity contribution in [1.82, 2.24) is 4.90 Å². The van der Waals surface area contributed by atoms with Crippen LogP contribution in [0.5, 0.6) is 0 Å². The third-order valence-corrected chi connectivity index (χ3v) is 3.82. The molecule has 1 aliphatic heterocycles. The Morgan fingerprint density at radius 2 is 2.15 bits per heavy atom. The summed E-state index contributed by atoms with van der Waals surface area (Å²) in [6.07, 6.45) is 1.21. The van der Waals surface area contributed by atoms with Crippen LogP contribution in [0.1, 0.15) is 36.9 Å². The van der Waals surface area contributed by atoms with E-state index in [4.69, 9.17) is 10.8 Å². The van der Waals surface area contributed by atoms with Crippen LogP contribution in [0.2, 0.25) is 0 Å². The van der Waals surface area contributed by atoms with E-state index in [0.717, 1.165) is 17.5 Å². The summed E-state index contributed by atoms with van der Waals surface area (Å²) in [4.78, 5) is 25.1. The third-order valence-electron chi connectivity index (χ3n) is 3.82. The number of fused-ring (bicyclic) bond motifs is 1. The van der Waals surface area contributed by atoms with E-state index in [1.807, 2.05) is 31.2 Å². The molecule has 0 saturated heterocycles. The number of rotatable bonds is 4. The van der Waals surface area contributed by atoms with Gasteiger partial charge in [-0.3, -0.25) is 9.59 Å². The predicted molar refractivity (Wildman–Crippen MR) is 75.1 cm³/mol. The molecule has 3 N–H and O–H groups in total. The zero-order chi connectivity index (χ0) is 14.7. The molecule has 2 rings (SSSR count). The van der Waals surface area contributed by atoms with E-state index in [9.17, 15) is 9.59 Å². The van der Waals surface area contributed by atoms with Crippen molar-refractivity contribution in [2.24, 2.45) is 5.73 Å². The van der Waals surface area contributed by atoms with E-state index in [-0.39, 0.29) is 12.3 Å². The summed E-state index contributed by atoms with van der Waals surface area (Å²) >= 11 is 0. The first-order valence-electron chi connectivity index (χ1n) is 6.90. The Morgan fingerprint density at radius 3 is 2.80 bits per heavy atom. The summed E-state index contributed by atoms with van der Waals surface area (Å²) in [6.45, 7) is 2.38. The summed E-state index contributed by atoms with van der Waals surface area (Å²) in [5.41, 5.74) is 7.87. The minimum Gasteiger partial charge on any atom is -0.481 e. The zero-order valence-corrected chi connectivity index (χ0v) is 11.6. The number of carbonyl (C=O) groups excluding carboxylic acids is 1. The molecular weight excluding hydrogens is 256 g/mol. The fourth-order valence-corrected chi connectivity index (χ4v) is 2.69. The maximum absolute atomic E-state index is 12.3. The van der Waals surface area contributed by atoms with Crippen molar-refractivity contribution < 1.29 is 14.7 Å². The van der Waals surface area contributed by atoms with Crippen molar-refractivity contribution in [3.8, 4) is 0 Å². The Hall–Kier alpha value is -1.88. The van der Waals surface area contributed by atoms with Gasteiger partial charge in [0, 0.05) is 6.54 Å². The average Bonchev–Trinajstić information content (AvgIpc) is 2.45. The van der Waals surface area contributed by atoms with E-state index in [1.54, 1.807) is 4.90 Å². The Labute approximate surface area is 118 Å². The largest absolute Gasteiger partial charge is 0.481 e. The number of carboxylic acid groups (broad SMARTS) is 1. The molecule has 1 amide bonds. The van der Waals surface area contributed by atoms with E-state index >= 15 is 0 Å². The number of amides is 1. The molecule has 0 aromatic heterocycles. The molecule has 0 saturated carbocycles. The standard InChI is InChI=1S/C15H20N2O3/c1-2-12(16)15(20)17-8-7-10-5-3-4-6-11(10)13(17)9-14(18)19/h3-6,12-13H,2,7-9,16H2,1H3,(H,18,19). The van der Waals surface area contributed by atoms with Gasteiger partial charge in [-0.1, -0.05) is 31.2 Å². The van der Waals surface area contributed by atoms with Crippen LogP contribution in [0.4, 0.5) is 0 Å². The van der Waals surface area contributed by atoms with Crippen molar-refractivity contribution in [3.63, 3.8) is 0 Å². The lowest BCUT2D eigenvalue weighted by atomic mass is 9.90. The number of carboxylic acids is 1.